The van der Waals surface area contributed by atoms with Gasteiger partial charge in [0.2, 0.25) is 17.8 Å². The van der Waals surface area contributed by atoms with E-state index in [1.54, 1.807) is 14.0 Å². The Morgan fingerprint density at radius 3 is 2.63 bits per heavy atom. The Balaban J connectivity index is 2.84. The number of nitrogens with zero attached hydrogens (tertiary/aromatic N) is 3. The molecule has 1 amide bonds. The Morgan fingerprint density at radius 2 is 2.05 bits per heavy atom. The van der Waals surface area contributed by atoms with Gasteiger partial charge in [-0.15, -0.1) is 0 Å². The maximum atomic E-state index is 11.4. The first-order valence-corrected chi connectivity index (χ1v) is 5.94. The van der Waals surface area contributed by atoms with Gasteiger partial charge in [0.25, 0.3) is 0 Å². The van der Waals surface area contributed by atoms with Gasteiger partial charge in [-0.1, -0.05) is 6.92 Å². The van der Waals surface area contributed by atoms with Crippen LogP contribution in [0.2, 0.25) is 0 Å². The summed E-state index contributed by atoms with van der Waals surface area (Å²) >= 11 is 0. The zero-order valence-electron chi connectivity index (χ0n) is 11.2. The lowest BCUT2D eigenvalue weighted by Crippen LogP contribution is -2.35. The number of nitrogens with two attached hydrogens (primary N) is 1. The standard InChI is InChI=1S/C10H19N7O2/c1-4-5-19-10-15-8(14-9(16-10)17-11)13-6(2)7(18)12-3/h6H,4-5,11H2,1-3H3,(H,12,18)(H2,13,14,15,16,17). The van der Waals surface area contributed by atoms with Crippen molar-refractivity contribution in [1.29, 1.82) is 0 Å². The van der Waals surface area contributed by atoms with E-state index in [2.05, 4.69) is 31.0 Å². The molecule has 9 heteroatoms. The molecule has 0 saturated carbocycles. The van der Waals surface area contributed by atoms with E-state index in [4.69, 9.17) is 10.6 Å². The van der Waals surface area contributed by atoms with Crippen molar-refractivity contribution in [3.05, 3.63) is 0 Å². The Bertz CT molecular complexity index is 426. The number of hydrogen-bond acceptors (Lipinski definition) is 8. The van der Waals surface area contributed by atoms with Crippen molar-refractivity contribution in [3.8, 4) is 6.01 Å². The largest absolute Gasteiger partial charge is 0.463 e. The molecule has 0 radical (unpaired) electrons. The summed E-state index contributed by atoms with van der Waals surface area (Å²) in [5.41, 5.74) is 2.32. The van der Waals surface area contributed by atoms with Crippen molar-refractivity contribution in [2.45, 2.75) is 26.3 Å². The highest BCUT2D eigenvalue weighted by Gasteiger charge is 2.14. The van der Waals surface area contributed by atoms with Gasteiger partial charge >= 0.3 is 6.01 Å². The maximum Gasteiger partial charge on any atom is 0.323 e. The number of hydrogen-bond donors (Lipinski definition) is 4. The lowest BCUT2D eigenvalue weighted by atomic mass is 10.3. The molecule has 0 spiro atoms. The molecule has 0 bridgehead atoms. The van der Waals surface area contributed by atoms with Crippen LogP contribution in [-0.2, 0) is 4.79 Å². The van der Waals surface area contributed by atoms with Crippen LogP contribution in [-0.4, -0.2) is 40.6 Å². The van der Waals surface area contributed by atoms with E-state index in [0.717, 1.165) is 6.42 Å². The zero-order chi connectivity index (χ0) is 14.3. The number of anilines is 2. The average molecular weight is 269 g/mol. The molecule has 9 nitrogen and oxygen atoms in total. The molecule has 5 N–H and O–H groups in total. The van der Waals surface area contributed by atoms with Crippen molar-refractivity contribution in [3.63, 3.8) is 0 Å². The number of aromatic nitrogens is 3. The number of nitrogens with one attached hydrogen (secondary N) is 3. The zero-order valence-corrected chi connectivity index (χ0v) is 11.2. The van der Waals surface area contributed by atoms with Gasteiger partial charge in [-0.25, -0.2) is 5.84 Å². The number of hydrazine groups is 1. The second kappa shape index (κ2) is 7.31. The molecule has 0 aliphatic heterocycles. The van der Waals surface area contributed by atoms with E-state index in [9.17, 15) is 4.79 Å². The second-order valence-corrected chi connectivity index (χ2v) is 3.74. The fourth-order valence-corrected chi connectivity index (χ4v) is 1.22. The van der Waals surface area contributed by atoms with Crippen LogP contribution < -0.4 is 26.6 Å². The maximum absolute atomic E-state index is 11.4. The van der Waals surface area contributed by atoms with Gasteiger partial charge in [0.1, 0.15) is 6.04 Å². The molecule has 0 aromatic carbocycles. The number of likely N-dealkylation sites (N-methyl/N-ethyl adjacent to an activating group) is 1. The van der Waals surface area contributed by atoms with E-state index >= 15 is 0 Å². The quantitative estimate of drug-likeness (QED) is 0.385. The third-order valence-corrected chi connectivity index (χ3v) is 2.16. The number of ether oxygens (including phenoxy) is 1. The number of rotatable bonds is 7. The molecular formula is C10H19N7O2. The fourth-order valence-electron chi connectivity index (χ4n) is 1.22. The van der Waals surface area contributed by atoms with Crippen molar-refractivity contribution in [2.24, 2.45) is 5.84 Å². The van der Waals surface area contributed by atoms with Gasteiger partial charge in [-0.2, -0.15) is 15.0 Å². The van der Waals surface area contributed by atoms with E-state index in [1.165, 1.54) is 0 Å². The van der Waals surface area contributed by atoms with Gasteiger partial charge in [0.15, 0.2) is 0 Å². The minimum absolute atomic E-state index is 0.149. The van der Waals surface area contributed by atoms with Crippen molar-refractivity contribution < 1.29 is 9.53 Å². The van der Waals surface area contributed by atoms with Crippen LogP contribution in [0.5, 0.6) is 6.01 Å². The van der Waals surface area contributed by atoms with Crippen molar-refractivity contribution >= 4 is 17.8 Å². The molecule has 0 aliphatic carbocycles. The number of carbonyl (C=O) groups is 1. The van der Waals surface area contributed by atoms with Gasteiger partial charge in [-0.3, -0.25) is 10.2 Å². The molecule has 1 unspecified atom stereocenters. The molecule has 1 aromatic rings. The third-order valence-electron chi connectivity index (χ3n) is 2.16. The molecule has 1 heterocycles. The smallest absolute Gasteiger partial charge is 0.323 e. The molecule has 1 atom stereocenters. The molecule has 19 heavy (non-hydrogen) atoms. The Kier molecular flexibility index (Phi) is 5.73. The van der Waals surface area contributed by atoms with Gasteiger partial charge in [0, 0.05) is 7.05 Å². The molecule has 106 valence electrons. The van der Waals surface area contributed by atoms with Gasteiger partial charge in [0.05, 0.1) is 6.61 Å². The number of nitrogen functional groups attached to an aromatic ring is 1. The van der Waals surface area contributed by atoms with E-state index in [0.29, 0.717) is 6.61 Å². The Labute approximate surface area is 111 Å². The van der Waals surface area contributed by atoms with E-state index < -0.39 is 6.04 Å². The third kappa shape index (κ3) is 4.54. The minimum Gasteiger partial charge on any atom is -0.463 e. The van der Waals surface area contributed by atoms with Crippen LogP contribution >= 0.6 is 0 Å². The number of amides is 1. The first-order chi connectivity index (χ1) is 9.10. The monoisotopic (exact) mass is 269 g/mol. The lowest BCUT2D eigenvalue weighted by Gasteiger charge is -2.13. The lowest BCUT2D eigenvalue weighted by molar-refractivity contribution is -0.121. The Hall–Kier alpha value is -2.16. The van der Waals surface area contributed by atoms with E-state index in [1.807, 2.05) is 6.92 Å². The minimum atomic E-state index is -0.489. The highest BCUT2D eigenvalue weighted by Crippen LogP contribution is 2.11. The predicted octanol–water partition coefficient (Wildman–Crippen LogP) is -0.508. The highest BCUT2D eigenvalue weighted by molar-refractivity contribution is 5.83. The summed E-state index contributed by atoms with van der Waals surface area (Å²) in [6, 6.07) is -0.339. The summed E-state index contributed by atoms with van der Waals surface area (Å²) in [5, 5.41) is 5.35. The summed E-state index contributed by atoms with van der Waals surface area (Å²) < 4.78 is 5.31. The number of carbonyl (C=O) groups excluding carboxylic acids is 1. The van der Waals surface area contributed by atoms with Crippen LogP contribution in [0.25, 0.3) is 0 Å². The van der Waals surface area contributed by atoms with Crippen LogP contribution in [0.15, 0.2) is 0 Å². The molecule has 0 fully saturated rings. The summed E-state index contributed by atoms with van der Waals surface area (Å²) in [4.78, 5) is 23.4. The van der Waals surface area contributed by atoms with Gasteiger partial charge < -0.3 is 15.4 Å². The van der Waals surface area contributed by atoms with E-state index in [-0.39, 0.29) is 23.8 Å². The van der Waals surface area contributed by atoms with Crippen LogP contribution in [0, 0.1) is 0 Å². The summed E-state index contributed by atoms with van der Waals surface area (Å²) in [7, 11) is 1.55. The molecule has 1 rings (SSSR count). The predicted molar refractivity (Wildman–Crippen MR) is 70.6 cm³/mol. The normalized spacial score (nSPS) is 11.6. The van der Waals surface area contributed by atoms with Crippen molar-refractivity contribution in [1.82, 2.24) is 20.3 Å². The highest BCUT2D eigenvalue weighted by atomic mass is 16.5. The van der Waals surface area contributed by atoms with Crippen LogP contribution in [0.4, 0.5) is 11.9 Å². The van der Waals surface area contributed by atoms with Gasteiger partial charge in [-0.05, 0) is 13.3 Å². The first-order valence-electron chi connectivity index (χ1n) is 5.94. The summed E-state index contributed by atoms with van der Waals surface area (Å²) in [6.07, 6.45) is 0.828. The topological polar surface area (TPSA) is 127 Å². The Morgan fingerprint density at radius 1 is 1.37 bits per heavy atom. The van der Waals surface area contributed by atoms with Crippen molar-refractivity contribution in [2.75, 3.05) is 24.4 Å². The van der Waals surface area contributed by atoms with Crippen LogP contribution in [0.3, 0.4) is 0 Å². The summed E-state index contributed by atoms with van der Waals surface area (Å²) in [5.74, 6) is 5.46. The molecule has 0 aliphatic rings. The van der Waals surface area contributed by atoms with Crippen LogP contribution in [0.1, 0.15) is 20.3 Å². The first kappa shape index (κ1) is 14.9. The second-order valence-electron chi connectivity index (χ2n) is 3.74. The SMILES string of the molecule is CCCOc1nc(NN)nc(NC(C)C(=O)NC)n1. The molecular weight excluding hydrogens is 250 g/mol. The average Bonchev–Trinajstić information content (AvgIpc) is 2.43. The fraction of sp³-hybridized carbons (Fsp3) is 0.600. The summed E-state index contributed by atoms with van der Waals surface area (Å²) in [6.45, 7) is 4.14. The molecule has 1 aromatic heterocycles. The molecule has 0 saturated heterocycles.